The van der Waals surface area contributed by atoms with Gasteiger partial charge in [0.15, 0.2) is 0 Å². The van der Waals surface area contributed by atoms with Gasteiger partial charge in [-0.3, -0.25) is 10.1 Å². The highest BCUT2D eigenvalue weighted by Gasteiger charge is 2.26. The van der Waals surface area contributed by atoms with E-state index in [4.69, 9.17) is 0 Å². The Balaban J connectivity index is 1.95. The number of nitrogens with zero attached hydrogens (tertiary/aromatic N) is 2. The Morgan fingerprint density at radius 2 is 2.17 bits per heavy atom. The number of non-ortho nitro benzene ring substituents is 1. The van der Waals surface area contributed by atoms with Crippen LogP contribution >= 0.6 is 11.3 Å². The number of nitro benzene ring substituents is 1. The van der Waals surface area contributed by atoms with Crippen LogP contribution < -0.4 is 10.6 Å². The minimum atomic E-state index is -0.592. The maximum atomic E-state index is 12.1. The standard InChI is InChI=1S/C15H18N4O3S/c1-10-8-16-13(23-10)15(2,3)18-14(20)17-9-11-5-4-6-12(7-11)19(21)22/h4-8H,9H2,1-3H3,(H2,17,18,20). The van der Waals surface area contributed by atoms with Gasteiger partial charge >= 0.3 is 6.03 Å². The number of nitro groups is 1. The quantitative estimate of drug-likeness (QED) is 0.648. The Morgan fingerprint density at radius 3 is 2.78 bits per heavy atom. The summed E-state index contributed by atoms with van der Waals surface area (Å²) in [4.78, 5) is 27.7. The summed E-state index contributed by atoms with van der Waals surface area (Å²) in [5.74, 6) is 0. The maximum absolute atomic E-state index is 12.1. The Labute approximate surface area is 137 Å². The third kappa shape index (κ3) is 4.49. The number of carbonyl (C=O) groups excluding carboxylic acids is 1. The molecule has 0 unspecified atom stereocenters. The summed E-state index contributed by atoms with van der Waals surface area (Å²) in [5.41, 5.74) is 0.0756. The zero-order valence-electron chi connectivity index (χ0n) is 13.1. The maximum Gasteiger partial charge on any atom is 0.315 e. The molecular formula is C15H18N4O3S. The third-order valence-corrected chi connectivity index (χ3v) is 4.39. The number of nitrogens with one attached hydrogen (secondary N) is 2. The molecule has 0 radical (unpaired) electrons. The van der Waals surface area contributed by atoms with Crippen molar-refractivity contribution in [2.24, 2.45) is 0 Å². The van der Waals surface area contributed by atoms with Gasteiger partial charge < -0.3 is 10.6 Å². The molecule has 8 heteroatoms. The number of thiazole rings is 1. The van der Waals surface area contributed by atoms with Crippen molar-refractivity contribution < 1.29 is 9.72 Å². The molecule has 122 valence electrons. The molecule has 0 aliphatic carbocycles. The van der Waals surface area contributed by atoms with Crippen molar-refractivity contribution in [1.82, 2.24) is 15.6 Å². The van der Waals surface area contributed by atoms with Gasteiger partial charge in [-0.15, -0.1) is 11.3 Å². The highest BCUT2D eigenvalue weighted by Crippen LogP contribution is 2.24. The highest BCUT2D eigenvalue weighted by molar-refractivity contribution is 7.11. The van der Waals surface area contributed by atoms with E-state index in [2.05, 4.69) is 15.6 Å². The summed E-state index contributed by atoms with van der Waals surface area (Å²) < 4.78 is 0. The van der Waals surface area contributed by atoms with E-state index < -0.39 is 10.5 Å². The molecule has 0 aliphatic heterocycles. The fourth-order valence-corrected chi connectivity index (χ4v) is 2.81. The van der Waals surface area contributed by atoms with Crippen LogP contribution in [0.1, 0.15) is 29.3 Å². The molecule has 2 aromatic rings. The van der Waals surface area contributed by atoms with E-state index in [1.54, 1.807) is 18.3 Å². The van der Waals surface area contributed by atoms with Crippen LogP contribution in [0, 0.1) is 17.0 Å². The zero-order valence-corrected chi connectivity index (χ0v) is 13.9. The summed E-state index contributed by atoms with van der Waals surface area (Å²) in [6.45, 7) is 5.91. The molecule has 2 rings (SSSR count). The Hall–Kier alpha value is -2.48. The molecular weight excluding hydrogens is 316 g/mol. The number of hydrogen-bond donors (Lipinski definition) is 2. The fourth-order valence-electron chi connectivity index (χ4n) is 1.99. The number of urea groups is 1. The number of aromatic nitrogens is 1. The lowest BCUT2D eigenvalue weighted by molar-refractivity contribution is -0.384. The molecule has 1 aromatic carbocycles. The number of benzene rings is 1. The van der Waals surface area contributed by atoms with Gasteiger partial charge in [0.2, 0.25) is 0 Å². The van der Waals surface area contributed by atoms with Crippen molar-refractivity contribution >= 4 is 23.1 Å². The summed E-state index contributed by atoms with van der Waals surface area (Å²) in [6, 6.07) is 5.82. The topological polar surface area (TPSA) is 97.2 Å². The van der Waals surface area contributed by atoms with Crippen LogP contribution in [0.15, 0.2) is 30.5 Å². The van der Waals surface area contributed by atoms with E-state index in [1.165, 1.54) is 23.5 Å². The van der Waals surface area contributed by atoms with Crippen LogP contribution in [0.5, 0.6) is 0 Å². The molecule has 2 amide bonds. The SMILES string of the molecule is Cc1cnc(C(C)(C)NC(=O)NCc2cccc([N+](=O)[O-])c2)s1. The van der Waals surface area contributed by atoms with Gasteiger partial charge in [0.1, 0.15) is 5.01 Å². The average molecular weight is 334 g/mol. The van der Waals surface area contributed by atoms with Gasteiger partial charge in [-0.05, 0) is 26.3 Å². The molecule has 1 heterocycles. The molecule has 1 aromatic heterocycles. The lowest BCUT2D eigenvalue weighted by Gasteiger charge is -2.24. The van der Waals surface area contributed by atoms with E-state index in [-0.39, 0.29) is 18.3 Å². The largest absolute Gasteiger partial charge is 0.334 e. The van der Waals surface area contributed by atoms with Crippen LogP contribution in [0.3, 0.4) is 0 Å². The fraction of sp³-hybridized carbons (Fsp3) is 0.333. The minimum absolute atomic E-state index is 0.00305. The van der Waals surface area contributed by atoms with Crippen molar-refractivity contribution in [3.63, 3.8) is 0 Å². The van der Waals surface area contributed by atoms with Crippen LogP contribution in [0.2, 0.25) is 0 Å². The highest BCUT2D eigenvalue weighted by atomic mass is 32.1. The summed E-state index contributed by atoms with van der Waals surface area (Å²) in [7, 11) is 0. The van der Waals surface area contributed by atoms with Gasteiger partial charge in [0.05, 0.1) is 10.5 Å². The van der Waals surface area contributed by atoms with E-state index in [9.17, 15) is 14.9 Å². The monoisotopic (exact) mass is 334 g/mol. The van der Waals surface area contributed by atoms with Crippen LogP contribution in [-0.4, -0.2) is 15.9 Å². The van der Waals surface area contributed by atoms with Crippen LogP contribution in [0.4, 0.5) is 10.5 Å². The molecule has 0 saturated heterocycles. The molecule has 0 spiro atoms. The zero-order chi connectivity index (χ0) is 17.0. The smallest absolute Gasteiger partial charge is 0.315 e. The first-order valence-corrected chi connectivity index (χ1v) is 7.82. The first kappa shape index (κ1) is 16.9. The van der Waals surface area contributed by atoms with E-state index >= 15 is 0 Å². The predicted molar refractivity (Wildman–Crippen MR) is 88.3 cm³/mol. The average Bonchev–Trinajstić information content (AvgIpc) is 2.92. The van der Waals surface area contributed by atoms with E-state index in [0.717, 1.165) is 9.88 Å². The van der Waals surface area contributed by atoms with Gasteiger partial charge in [-0.1, -0.05) is 12.1 Å². The van der Waals surface area contributed by atoms with Crippen molar-refractivity contribution in [3.8, 4) is 0 Å². The van der Waals surface area contributed by atoms with Crippen LogP contribution in [-0.2, 0) is 12.1 Å². The second-order valence-electron chi connectivity index (χ2n) is 5.64. The third-order valence-electron chi connectivity index (χ3n) is 3.16. The summed E-state index contributed by atoms with van der Waals surface area (Å²) in [6.07, 6.45) is 1.77. The Morgan fingerprint density at radius 1 is 1.43 bits per heavy atom. The molecule has 2 N–H and O–H groups in total. The predicted octanol–water partition coefficient (Wildman–Crippen LogP) is 3.09. The summed E-state index contributed by atoms with van der Waals surface area (Å²) in [5, 5.41) is 17.1. The second kappa shape index (κ2) is 6.74. The second-order valence-corrected chi connectivity index (χ2v) is 6.87. The molecule has 7 nitrogen and oxygen atoms in total. The normalized spacial score (nSPS) is 11.1. The minimum Gasteiger partial charge on any atom is -0.334 e. The van der Waals surface area contributed by atoms with Crippen molar-refractivity contribution in [2.45, 2.75) is 32.9 Å². The van der Waals surface area contributed by atoms with E-state index in [0.29, 0.717) is 5.56 Å². The molecule has 0 atom stereocenters. The number of amides is 2. The first-order valence-electron chi connectivity index (χ1n) is 7.00. The lowest BCUT2D eigenvalue weighted by Crippen LogP contribution is -2.46. The molecule has 0 aliphatic rings. The van der Waals surface area contributed by atoms with Crippen LogP contribution in [0.25, 0.3) is 0 Å². The number of rotatable bonds is 5. The summed E-state index contributed by atoms with van der Waals surface area (Å²) >= 11 is 1.53. The van der Waals surface area contributed by atoms with Gasteiger partial charge in [-0.25, -0.2) is 9.78 Å². The van der Waals surface area contributed by atoms with Crippen molar-refractivity contribution in [3.05, 3.63) is 56.0 Å². The van der Waals surface area contributed by atoms with Crippen molar-refractivity contribution in [1.29, 1.82) is 0 Å². The molecule has 0 bridgehead atoms. The van der Waals surface area contributed by atoms with E-state index in [1.807, 2.05) is 20.8 Å². The Kier molecular flexibility index (Phi) is 4.95. The number of hydrogen-bond acceptors (Lipinski definition) is 5. The van der Waals surface area contributed by atoms with Crippen molar-refractivity contribution in [2.75, 3.05) is 0 Å². The Bertz CT molecular complexity index is 727. The molecule has 0 saturated carbocycles. The number of carbonyl (C=O) groups is 1. The lowest BCUT2D eigenvalue weighted by atomic mass is 10.1. The number of aryl methyl sites for hydroxylation is 1. The first-order chi connectivity index (χ1) is 10.8. The molecule has 23 heavy (non-hydrogen) atoms. The van der Waals surface area contributed by atoms with Gasteiger partial charge in [0, 0.05) is 29.8 Å². The van der Waals surface area contributed by atoms with Gasteiger partial charge in [0.25, 0.3) is 5.69 Å². The van der Waals surface area contributed by atoms with Gasteiger partial charge in [-0.2, -0.15) is 0 Å². The molecule has 0 fully saturated rings.